The topological polar surface area (TPSA) is 81.2 Å². The van der Waals surface area contributed by atoms with Crippen LogP contribution in [0, 0.1) is 0 Å². The van der Waals surface area contributed by atoms with Crippen LogP contribution in [-0.4, -0.2) is 101 Å². The fraction of sp³-hybridized carbons (Fsp3) is 0.545. The first kappa shape index (κ1) is 23.6. The smallest absolute Gasteiger partial charge is 0.243 e. The van der Waals surface area contributed by atoms with E-state index in [1.807, 2.05) is 0 Å². The third-order valence-corrected chi connectivity index (χ3v) is 10.5. The van der Waals surface area contributed by atoms with Crippen molar-refractivity contribution in [2.45, 2.75) is 23.6 Å². The van der Waals surface area contributed by atoms with Crippen LogP contribution in [0.25, 0.3) is 10.8 Å². The van der Waals surface area contributed by atoms with E-state index in [0.29, 0.717) is 63.1 Å². The maximum Gasteiger partial charge on any atom is 0.243 e. The van der Waals surface area contributed by atoms with Gasteiger partial charge in [0.15, 0.2) is 0 Å². The molecule has 0 amide bonds. The number of sulfonamides is 2. The SMILES string of the molecule is CCN1CCN(S(=O)(=O)c2cccc3c(S(=O)(=O)N4CCN(CC)CC4)cccc23)CC1. The summed E-state index contributed by atoms with van der Waals surface area (Å²) in [6, 6.07) is 9.87. The molecule has 2 aromatic rings. The Kier molecular flexibility index (Phi) is 6.90. The Morgan fingerprint density at radius 3 is 1.25 bits per heavy atom. The van der Waals surface area contributed by atoms with Gasteiger partial charge in [-0.15, -0.1) is 0 Å². The molecule has 0 spiro atoms. The Balaban J connectivity index is 1.71. The van der Waals surface area contributed by atoms with Crippen molar-refractivity contribution >= 4 is 30.8 Å². The zero-order valence-electron chi connectivity index (χ0n) is 18.8. The molecule has 0 aromatic heterocycles. The highest BCUT2D eigenvalue weighted by Gasteiger charge is 2.32. The minimum absolute atomic E-state index is 0.174. The zero-order chi connectivity index (χ0) is 22.9. The molecular weight excluding hydrogens is 448 g/mol. The number of likely N-dealkylation sites (N-methyl/N-ethyl adjacent to an activating group) is 2. The van der Waals surface area contributed by atoms with Crippen LogP contribution in [0.3, 0.4) is 0 Å². The Bertz CT molecular complexity index is 1070. The van der Waals surface area contributed by atoms with E-state index in [1.165, 1.54) is 8.61 Å². The molecule has 0 bridgehead atoms. The zero-order valence-corrected chi connectivity index (χ0v) is 20.4. The van der Waals surface area contributed by atoms with E-state index in [9.17, 15) is 16.8 Å². The van der Waals surface area contributed by atoms with Crippen molar-refractivity contribution in [2.24, 2.45) is 0 Å². The fourth-order valence-corrected chi connectivity index (χ4v) is 7.81. The summed E-state index contributed by atoms with van der Waals surface area (Å²) in [7, 11) is -7.45. The van der Waals surface area contributed by atoms with Gasteiger partial charge in [-0.3, -0.25) is 0 Å². The number of fused-ring (bicyclic) bond motifs is 1. The predicted molar refractivity (Wildman–Crippen MR) is 126 cm³/mol. The summed E-state index contributed by atoms with van der Waals surface area (Å²) in [6.45, 7) is 10.5. The van der Waals surface area contributed by atoms with E-state index in [2.05, 4.69) is 23.6 Å². The van der Waals surface area contributed by atoms with Crippen molar-refractivity contribution in [2.75, 3.05) is 65.4 Å². The first-order valence-electron chi connectivity index (χ1n) is 11.3. The monoisotopic (exact) mass is 480 g/mol. The lowest BCUT2D eigenvalue weighted by Gasteiger charge is -2.34. The van der Waals surface area contributed by atoms with Gasteiger partial charge in [0.25, 0.3) is 0 Å². The van der Waals surface area contributed by atoms with Gasteiger partial charge in [0.1, 0.15) is 0 Å². The minimum Gasteiger partial charge on any atom is -0.301 e. The molecule has 0 radical (unpaired) electrons. The van der Waals surface area contributed by atoms with Gasteiger partial charge in [-0.2, -0.15) is 8.61 Å². The fourth-order valence-electron chi connectivity index (χ4n) is 4.55. The van der Waals surface area contributed by atoms with Crippen LogP contribution in [0.15, 0.2) is 46.2 Å². The van der Waals surface area contributed by atoms with Crippen molar-refractivity contribution in [3.05, 3.63) is 36.4 Å². The molecule has 2 aliphatic rings. The molecule has 10 heteroatoms. The molecule has 2 saturated heterocycles. The van der Waals surface area contributed by atoms with Crippen LogP contribution in [0.2, 0.25) is 0 Å². The van der Waals surface area contributed by atoms with Gasteiger partial charge in [0.2, 0.25) is 20.0 Å². The van der Waals surface area contributed by atoms with Gasteiger partial charge in [-0.1, -0.05) is 38.1 Å². The molecule has 0 atom stereocenters. The summed E-state index contributed by atoms with van der Waals surface area (Å²) in [6.07, 6.45) is 0. The van der Waals surface area contributed by atoms with E-state index in [4.69, 9.17) is 0 Å². The molecule has 0 aliphatic carbocycles. The van der Waals surface area contributed by atoms with Gasteiger partial charge in [0.05, 0.1) is 9.79 Å². The summed E-state index contributed by atoms with van der Waals surface area (Å²) >= 11 is 0. The Morgan fingerprint density at radius 1 is 0.594 bits per heavy atom. The molecular formula is C22H32N4O4S2. The molecule has 2 fully saturated rings. The van der Waals surface area contributed by atoms with Crippen LogP contribution in [0.4, 0.5) is 0 Å². The van der Waals surface area contributed by atoms with E-state index >= 15 is 0 Å². The first-order chi connectivity index (χ1) is 15.3. The summed E-state index contributed by atoms with van der Waals surface area (Å²) in [5.74, 6) is 0. The quantitative estimate of drug-likeness (QED) is 0.623. The Labute approximate surface area is 191 Å². The second-order valence-corrected chi connectivity index (χ2v) is 12.1. The van der Waals surface area contributed by atoms with E-state index < -0.39 is 20.0 Å². The van der Waals surface area contributed by atoms with E-state index in [1.54, 1.807) is 36.4 Å². The number of hydrogen-bond acceptors (Lipinski definition) is 6. The molecule has 2 heterocycles. The van der Waals surface area contributed by atoms with Crippen molar-refractivity contribution in [3.8, 4) is 0 Å². The summed E-state index contributed by atoms with van der Waals surface area (Å²) < 4.78 is 56.9. The average molecular weight is 481 g/mol. The highest BCUT2D eigenvalue weighted by atomic mass is 32.2. The van der Waals surface area contributed by atoms with Crippen LogP contribution >= 0.6 is 0 Å². The molecule has 8 nitrogen and oxygen atoms in total. The highest BCUT2D eigenvalue weighted by molar-refractivity contribution is 7.89. The molecule has 176 valence electrons. The first-order valence-corrected chi connectivity index (χ1v) is 14.1. The van der Waals surface area contributed by atoms with Gasteiger partial charge in [-0.25, -0.2) is 16.8 Å². The van der Waals surface area contributed by atoms with E-state index in [0.717, 1.165) is 13.1 Å². The molecule has 0 N–H and O–H groups in total. The van der Waals surface area contributed by atoms with Gasteiger partial charge in [0, 0.05) is 63.1 Å². The molecule has 32 heavy (non-hydrogen) atoms. The lowest BCUT2D eigenvalue weighted by Crippen LogP contribution is -2.48. The second kappa shape index (κ2) is 9.36. The third-order valence-electron chi connectivity index (χ3n) is 6.63. The lowest BCUT2D eigenvalue weighted by atomic mass is 10.1. The summed E-state index contributed by atoms with van der Waals surface area (Å²) in [4.78, 5) is 4.79. The van der Waals surface area contributed by atoms with E-state index in [-0.39, 0.29) is 9.79 Å². The normalized spacial score (nSPS) is 20.7. The van der Waals surface area contributed by atoms with Crippen molar-refractivity contribution in [3.63, 3.8) is 0 Å². The van der Waals surface area contributed by atoms with Crippen LogP contribution in [0.5, 0.6) is 0 Å². The maximum absolute atomic E-state index is 13.5. The molecule has 0 saturated carbocycles. The number of hydrogen-bond donors (Lipinski definition) is 0. The standard InChI is InChI=1S/C22H32N4O4S2/c1-3-23-11-15-25(16-12-23)31(27,28)21-9-5-8-20-19(21)7-6-10-22(20)32(29,30)26-17-13-24(4-2)14-18-26/h5-10H,3-4,11-18H2,1-2H3. The average Bonchev–Trinajstić information content (AvgIpc) is 2.83. The van der Waals surface area contributed by atoms with Crippen LogP contribution in [-0.2, 0) is 20.0 Å². The third kappa shape index (κ3) is 4.32. The number of nitrogens with zero attached hydrogens (tertiary/aromatic N) is 4. The number of piperazine rings is 2. The largest absolute Gasteiger partial charge is 0.301 e. The van der Waals surface area contributed by atoms with Crippen LogP contribution < -0.4 is 0 Å². The molecule has 0 unspecified atom stereocenters. The van der Waals surface area contributed by atoms with Crippen molar-refractivity contribution < 1.29 is 16.8 Å². The maximum atomic E-state index is 13.5. The second-order valence-electron chi connectivity index (χ2n) is 8.28. The predicted octanol–water partition coefficient (Wildman–Crippen LogP) is 1.49. The minimum atomic E-state index is -3.73. The van der Waals surface area contributed by atoms with Gasteiger partial charge in [-0.05, 0) is 25.2 Å². The Morgan fingerprint density at radius 2 is 0.938 bits per heavy atom. The number of rotatable bonds is 6. The summed E-state index contributed by atoms with van der Waals surface area (Å²) in [5, 5.41) is 0.914. The number of benzene rings is 2. The van der Waals surface area contributed by atoms with Crippen LogP contribution in [0.1, 0.15) is 13.8 Å². The van der Waals surface area contributed by atoms with Gasteiger partial charge < -0.3 is 9.80 Å². The summed E-state index contributed by atoms with van der Waals surface area (Å²) in [5.41, 5.74) is 0. The van der Waals surface area contributed by atoms with Crippen molar-refractivity contribution in [1.82, 2.24) is 18.4 Å². The molecule has 4 rings (SSSR count). The van der Waals surface area contributed by atoms with Crippen molar-refractivity contribution in [1.29, 1.82) is 0 Å². The Hall–Kier alpha value is -1.56. The van der Waals surface area contributed by atoms with Gasteiger partial charge >= 0.3 is 0 Å². The molecule has 2 aliphatic heterocycles. The molecule has 2 aromatic carbocycles. The lowest BCUT2D eigenvalue weighted by molar-refractivity contribution is 0.196. The highest BCUT2D eigenvalue weighted by Crippen LogP contribution is 2.32.